The number of Topliss-reactive ketones (excluding diaryl/α,β-unsaturated/α-hetero) is 1. The van der Waals surface area contributed by atoms with Crippen LogP contribution in [-0.2, 0) is 16.0 Å². The molecule has 1 saturated carbocycles. The summed E-state index contributed by atoms with van der Waals surface area (Å²) < 4.78 is 0. The summed E-state index contributed by atoms with van der Waals surface area (Å²) in [5, 5.41) is 0. The van der Waals surface area contributed by atoms with E-state index in [-0.39, 0.29) is 17.9 Å². The first kappa shape index (κ1) is 12.4. The molecule has 0 radical (unpaired) electrons. The van der Waals surface area contributed by atoms with E-state index in [2.05, 4.69) is 12.1 Å². The molecule has 100 valence electrons. The number of hydrogen-bond acceptors (Lipinski definition) is 2. The highest BCUT2D eigenvalue weighted by molar-refractivity contribution is 5.87. The minimum atomic E-state index is 0.0406. The monoisotopic (exact) mass is 257 g/mol. The second-order valence-corrected chi connectivity index (χ2v) is 5.67. The highest BCUT2D eigenvalue weighted by Gasteiger charge is 2.36. The average Bonchev–Trinajstić information content (AvgIpc) is 2.40. The molecule has 2 aliphatic rings. The maximum atomic E-state index is 12.5. The Morgan fingerprint density at radius 2 is 1.89 bits per heavy atom. The van der Waals surface area contributed by atoms with Crippen LogP contribution in [0.25, 0.3) is 0 Å². The van der Waals surface area contributed by atoms with Crippen LogP contribution in [0.5, 0.6) is 0 Å². The largest absolute Gasteiger partial charge is 0.342 e. The topological polar surface area (TPSA) is 37.4 Å². The number of fused-ring (bicyclic) bond motifs is 1. The number of carbonyl (C=O) groups excluding carboxylic acids is 2. The normalized spacial score (nSPS) is 22.6. The first-order valence-electron chi connectivity index (χ1n) is 7.03. The Kier molecular flexibility index (Phi) is 3.13. The summed E-state index contributed by atoms with van der Waals surface area (Å²) in [4.78, 5) is 25.7. The molecule has 0 heterocycles. The minimum Gasteiger partial charge on any atom is -0.342 e. The summed E-state index contributed by atoms with van der Waals surface area (Å²) in [7, 11) is 1.89. The van der Waals surface area contributed by atoms with Gasteiger partial charge in [0.1, 0.15) is 5.78 Å². The molecule has 0 N–H and O–H groups in total. The maximum absolute atomic E-state index is 12.5. The number of carbonyl (C=O) groups is 2. The van der Waals surface area contributed by atoms with Gasteiger partial charge < -0.3 is 4.90 Å². The Bertz CT molecular complexity index is 513. The standard InChI is InChI=1S/C16H19NO2/c1-17(12-6-8-13(18)9-7-12)16(19)15-10-11-4-2-3-5-14(11)15/h2-5,12,15H,6-10H2,1H3. The fraction of sp³-hybridized carbons (Fsp3) is 0.500. The molecule has 0 aliphatic heterocycles. The number of ketones is 1. The van der Waals surface area contributed by atoms with Gasteiger partial charge in [-0.1, -0.05) is 24.3 Å². The van der Waals surface area contributed by atoms with Crippen molar-refractivity contribution in [2.75, 3.05) is 7.05 Å². The quantitative estimate of drug-likeness (QED) is 0.815. The van der Waals surface area contributed by atoms with Gasteiger partial charge in [-0.05, 0) is 30.4 Å². The summed E-state index contributed by atoms with van der Waals surface area (Å²) in [6, 6.07) is 8.42. The fourth-order valence-corrected chi connectivity index (χ4v) is 3.22. The van der Waals surface area contributed by atoms with E-state index in [1.54, 1.807) is 0 Å². The van der Waals surface area contributed by atoms with Crippen molar-refractivity contribution in [3.63, 3.8) is 0 Å². The molecule has 3 nitrogen and oxygen atoms in total. The molecule has 1 atom stereocenters. The summed E-state index contributed by atoms with van der Waals surface area (Å²) in [5.74, 6) is 0.600. The van der Waals surface area contributed by atoms with Gasteiger partial charge in [0.15, 0.2) is 0 Å². The third-order valence-corrected chi connectivity index (χ3v) is 4.56. The molecule has 0 spiro atoms. The lowest BCUT2D eigenvalue weighted by Gasteiger charge is -2.37. The molecular formula is C16H19NO2. The van der Waals surface area contributed by atoms with E-state index in [1.165, 1.54) is 11.1 Å². The number of rotatable bonds is 2. The van der Waals surface area contributed by atoms with E-state index < -0.39 is 0 Å². The van der Waals surface area contributed by atoms with E-state index in [1.807, 2.05) is 24.1 Å². The van der Waals surface area contributed by atoms with Crippen molar-refractivity contribution in [2.24, 2.45) is 0 Å². The lowest BCUT2D eigenvalue weighted by Crippen LogP contribution is -2.44. The van der Waals surface area contributed by atoms with Gasteiger partial charge >= 0.3 is 0 Å². The third kappa shape index (κ3) is 2.18. The van der Waals surface area contributed by atoms with Crippen molar-refractivity contribution in [1.29, 1.82) is 0 Å². The Morgan fingerprint density at radius 3 is 2.58 bits per heavy atom. The van der Waals surface area contributed by atoms with Crippen molar-refractivity contribution in [3.05, 3.63) is 35.4 Å². The Hall–Kier alpha value is -1.64. The highest BCUT2D eigenvalue weighted by Crippen LogP contribution is 2.37. The maximum Gasteiger partial charge on any atom is 0.230 e. The smallest absolute Gasteiger partial charge is 0.230 e. The van der Waals surface area contributed by atoms with Crippen LogP contribution in [0.1, 0.15) is 42.7 Å². The first-order chi connectivity index (χ1) is 9.16. The molecule has 2 aliphatic carbocycles. The van der Waals surface area contributed by atoms with Gasteiger partial charge in [0.25, 0.3) is 0 Å². The molecule has 1 fully saturated rings. The van der Waals surface area contributed by atoms with Gasteiger partial charge in [-0.3, -0.25) is 9.59 Å². The Balaban J connectivity index is 1.67. The predicted octanol–water partition coefficient (Wildman–Crippen LogP) is 2.30. The number of nitrogens with zero attached hydrogens (tertiary/aromatic N) is 1. The lowest BCUT2D eigenvalue weighted by atomic mass is 9.76. The van der Waals surface area contributed by atoms with E-state index in [0.717, 1.165) is 19.3 Å². The van der Waals surface area contributed by atoms with Crippen LogP contribution in [0.15, 0.2) is 24.3 Å². The zero-order chi connectivity index (χ0) is 13.4. The summed E-state index contributed by atoms with van der Waals surface area (Å²) in [5.41, 5.74) is 2.49. The second-order valence-electron chi connectivity index (χ2n) is 5.67. The predicted molar refractivity (Wildman–Crippen MR) is 72.9 cm³/mol. The summed E-state index contributed by atoms with van der Waals surface area (Å²) in [6.45, 7) is 0. The number of benzene rings is 1. The van der Waals surface area contributed by atoms with Crippen LogP contribution in [0.3, 0.4) is 0 Å². The summed E-state index contributed by atoms with van der Waals surface area (Å²) in [6.07, 6.45) is 3.78. The van der Waals surface area contributed by atoms with E-state index in [0.29, 0.717) is 18.6 Å². The van der Waals surface area contributed by atoms with Gasteiger partial charge in [0.2, 0.25) is 5.91 Å². The van der Waals surface area contributed by atoms with Crippen LogP contribution in [0, 0.1) is 0 Å². The van der Waals surface area contributed by atoms with Crippen molar-refractivity contribution in [2.45, 2.75) is 44.1 Å². The Morgan fingerprint density at radius 1 is 1.21 bits per heavy atom. The fourth-order valence-electron chi connectivity index (χ4n) is 3.22. The highest BCUT2D eigenvalue weighted by atomic mass is 16.2. The van der Waals surface area contributed by atoms with Gasteiger partial charge in [-0.25, -0.2) is 0 Å². The van der Waals surface area contributed by atoms with E-state index in [9.17, 15) is 9.59 Å². The van der Waals surface area contributed by atoms with Crippen LogP contribution in [0.2, 0.25) is 0 Å². The zero-order valence-corrected chi connectivity index (χ0v) is 11.3. The zero-order valence-electron chi connectivity index (χ0n) is 11.3. The molecule has 1 aromatic carbocycles. The van der Waals surface area contributed by atoms with Gasteiger partial charge in [0, 0.05) is 25.9 Å². The minimum absolute atomic E-state index is 0.0406. The average molecular weight is 257 g/mol. The van der Waals surface area contributed by atoms with Crippen molar-refractivity contribution >= 4 is 11.7 Å². The van der Waals surface area contributed by atoms with Gasteiger partial charge in [0.05, 0.1) is 5.92 Å². The van der Waals surface area contributed by atoms with Crippen LogP contribution in [-0.4, -0.2) is 29.7 Å². The van der Waals surface area contributed by atoms with Crippen LogP contribution >= 0.6 is 0 Å². The first-order valence-corrected chi connectivity index (χ1v) is 7.03. The van der Waals surface area contributed by atoms with Gasteiger partial charge in [-0.15, -0.1) is 0 Å². The molecule has 3 heteroatoms. The number of hydrogen-bond donors (Lipinski definition) is 0. The number of likely N-dealkylation sites (N-methyl/N-ethyl adjacent to an activating group) is 1. The van der Waals surface area contributed by atoms with Crippen LogP contribution < -0.4 is 0 Å². The van der Waals surface area contributed by atoms with Crippen molar-refractivity contribution in [1.82, 2.24) is 4.90 Å². The summed E-state index contributed by atoms with van der Waals surface area (Å²) >= 11 is 0. The van der Waals surface area contributed by atoms with Gasteiger partial charge in [-0.2, -0.15) is 0 Å². The molecular weight excluding hydrogens is 238 g/mol. The Labute approximate surface area is 113 Å². The van der Waals surface area contributed by atoms with Crippen molar-refractivity contribution < 1.29 is 9.59 Å². The molecule has 1 aromatic rings. The van der Waals surface area contributed by atoms with Crippen molar-refractivity contribution in [3.8, 4) is 0 Å². The number of amides is 1. The SMILES string of the molecule is CN(C(=O)C1Cc2ccccc21)C1CCC(=O)CC1. The van der Waals surface area contributed by atoms with E-state index in [4.69, 9.17) is 0 Å². The molecule has 0 aromatic heterocycles. The lowest BCUT2D eigenvalue weighted by molar-refractivity contribution is -0.136. The molecule has 1 unspecified atom stereocenters. The van der Waals surface area contributed by atoms with Crippen LogP contribution in [0.4, 0.5) is 0 Å². The molecule has 19 heavy (non-hydrogen) atoms. The van der Waals surface area contributed by atoms with E-state index >= 15 is 0 Å². The molecule has 3 rings (SSSR count). The third-order valence-electron chi connectivity index (χ3n) is 4.56. The molecule has 1 amide bonds. The molecule has 0 saturated heterocycles. The molecule has 0 bridgehead atoms. The second kappa shape index (κ2) is 4.80.